The number of hydrogen-bond acceptors (Lipinski definition) is 8. The van der Waals surface area contributed by atoms with Gasteiger partial charge < -0.3 is 14.5 Å². The third kappa shape index (κ3) is 5.77. The van der Waals surface area contributed by atoms with Gasteiger partial charge in [0.15, 0.2) is 5.52 Å². The van der Waals surface area contributed by atoms with Crippen molar-refractivity contribution in [2.75, 3.05) is 31.8 Å². The Morgan fingerprint density at radius 2 is 1.71 bits per heavy atom. The van der Waals surface area contributed by atoms with Crippen LogP contribution in [0, 0.1) is 19.7 Å². The Labute approximate surface area is 275 Å². The standard InChI is InChI=1S/C35H32FN5O6S/c1-19-7-9-21(10-8-19)18-41-20(2)38-31-29(46-5)16-26(39-32(31)35(41)43)24-15-25-28(17-27(24)40(4)48(6,44)45)47-33(30(25)34(42)37-3)22-11-13-23(36)14-12-22/h7-17H,18H2,1-6H3,(H,37,42). The first-order chi connectivity index (χ1) is 22.8. The number of benzene rings is 3. The van der Waals surface area contributed by atoms with Gasteiger partial charge in [-0.25, -0.2) is 22.8 Å². The zero-order valence-corrected chi connectivity index (χ0v) is 27.9. The Balaban J connectivity index is 1.65. The maximum absolute atomic E-state index is 14.0. The summed E-state index contributed by atoms with van der Waals surface area (Å²) < 4.78 is 54.0. The van der Waals surface area contributed by atoms with Gasteiger partial charge in [0.2, 0.25) is 10.0 Å². The number of halogens is 1. The van der Waals surface area contributed by atoms with Crippen LogP contribution in [-0.2, 0) is 16.6 Å². The second-order valence-corrected chi connectivity index (χ2v) is 13.4. The minimum atomic E-state index is -3.82. The van der Waals surface area contributed by atoms with Gasteiger partial charge in [0.25, 0.3) is 11.5 Å². The third-order valence-electron chi connectivity index (χ3n) is 8.23. The number of ether oxygens (including phenoxy) is 1. The molecule has 0 aliphatic rings. The first kappa shape index (κ1) is 32.4. The number of anilines is 1. The van der Waals surface area contributed by atoms with Gasteiger partial charge >= 0.3 is 0 Å². The number of aromatic nitrogens is 3. The van der Waals surface area contributed by atoms with Crippen LogP contribution in [0.4, 0.5) is 10.1 Å². The number of furan rings is 1. The molecular weight excluding hydrogens is 637 g/mol. The first-order valence-corrected chi connectivity index (χ1v) is 16.7. The number of pyridine rings is 1. The van der Waals surface area contributed by atoms with E-state index >= 15 is 0 Å². The van der Waals surface area contributed by atoms with Crippen LogP contribution < -0.4 is 19.9 Å². The van der Waals surface area contributed by atoms with Gasteiger partial charge in [-0.1, -0.05) is 29.8 Å². The fourth-order valence-corrected chi connectivity index (χ4v) is 6.06. The molecule has 6 rings (SSSR count). The van der Waals surface area contributed by atoms with Gasteiger partial charge in [-0.05, 0) is 49.7 Å². The SMILES string of the molecule is CNC(=O)c1c(-c2ccc(F)cc2)oc2cc(N(C)S(C)(=O)=O)c(-c3cc(OC)c4nc(C)n(Cc5ccc(C)cc5)c(=O)c4n3)cc12. The maximum Gasteiger partial charge on any atom is 0.280 e. The highest BCUT2D eigenvalue weighted by Gasteiger charge is 2.27. The number of carbonyl (C=O) groups excluding carboxylic acids is 1. The number of fused-ring (bicyclic) bond motifs is 2. The van der Waals surface area contributed by atoms with Crippen LogP contribution in [0.3, 0.4) is 0 Å². The average molecular weight is 670 g/mol. The number of sulfonamides is 1. The van der Waals surface area contributed by atoms with Crippen LogP contribution in [0.15, 0.2) is 75.9 Å². The lowest BCUT2D eigenvalue weighted by molar-refractivity contribution is 0.0964. The van der Waals surface area contributed by atoms with E-state index in [2.05, 4.69) is 10.3 Å². The van der Waals surface area contributed by atoms with Crippen molar-refractivity contribution >= 4 is 43.6 Å². The number of rotatable bonds is 8. The molecule has 0 radical (unpaired) electrons. The van der Waals surface area contributed by atoms with E-state index < -0.39 is 27.3 Å². The molecular formula is C35H32FN5O6S. The smallest absolute Gasteiger partial charge is 0.280 e. The normalized spacial score (nSPS) is 11.6. The van der Waals surface area contributed by atoms with Gasteiger partial charge in [-0.3, -0.25) is 18.5 Å². The van der Waals surface area contributed by atoms with Crippen molar-refractivity contribution < 1.29 is 26.8 Å². The molecule has 0 spiro atoms. The molecule has 1 amide bonds. The highest BCUT2D eigenvalue weighted by Crippen LogP contribution is 2.42. The molecule has 246 valence electrons. The fourth-order valence-electron chi connectivity index (χ4n) is 5.56. The second-order valence-electron chi connectivity index (χ2n) is 11.4. The summed E-state index contributed by atoms with van der Waals surface area (Å²) in [5, 5.41) is 2.96. The summed E-state index contributed by atoms with van der Waals surface area (Å²) >= 11 is 0. The third-order valence-corrected chi connectivity index (χ3v) is 9.42. The van der Waals surface area contributed by atoms with Crippen molar-refractivity contribution in [2.45, 2.75) is 20.4 Å². The molecule has 11 nitrogen and oxygen atoms in total. The minimum absolute atomic E-state index is 0.0147. The number of amides is 1. The highest BCUT2D eigenvalue weighted by atomic mass is 32.2. The highest BCUT2D eigenvalue weighted by molar-refractivity contribution is 7.92. The molecule has 0 aliphatic carbocycles. The molecule has 0 saturated carbocycles. The number of nitrogens with zero attached hydrogens (tertiary/aromatic N) is 4. The summed E-state index contributed by atoms with van der Waals surface area (Å²) in [5.74, 6) is -0.0731. The fraction of sp³-hybridized carbons (Fsp3) is 0.200. The van der Waals surface area contributed by atoms with Crippen LogP contribution in [0.25, 0.3) is 44.6 Å². The van der Waals surface area contributed by atoms with Crippen LogP contribution in [-0.4, -0.2) is 56.3 Å². The molecule has 0 aliphatic heterocycles. The van der Waals surface area contributed by atoms with E-state index in [4.69, 9.17) is 14.1 Å². The van der Waals surface area contributed by atoms with Gasteiger partial charge in [-0.2, -0.15) is 0 Å². The zero-order chi connectivity index (χ0) is 34.5. The maximum atomic E-state index is 14.0. The summed E-state index contributed by atoms with van der Waals surface area (Å²) in [6.07, 6.45) is 1.05. The Bertz CT molecular complexity index is 2400. The van der Waals surface area contributed by atoms with Crippen molar-refractivity contribution in [3.63, 3.8) is 0 Å². The second kappa shape index (κ2) is 12.2. The van der Waals surface area contributed by atoms with E-state index in [1.165, 1.54) is 56.1 Å². The van der Waals surface area contributed by atoms with Crippen molar-refractivity contribution in [2.24, 2.45) is 0 Å². The molecule has 1 N–H and O–H groups in total. The average Bonchev–Trinajstić information content (AvgIpc) is 3.44. The summed E-state index contributed by atoms with van der Waals surface area (Å²) in [7, 11) is 0.463. The van der Waals surface area contributed by atoms with Gasteiger partial charge in [-0.15, -0.1) is 0 Å². The lowest BCUT2D eigenvalue weighted by Gasteiger charge is -2.21. The molecule has 13 heteroatoms. The van der Waals surface area contributed by atoms with Crippen molar-refractivity contribution in [3.8, 4) is 28.3 Å². The van der Waals surface area contributed by atoms with E-state index in [1.54, 1.807) is 19.1 Å². The summed E-state index contributed by atoms with van der Waals surface area (Å²) in [4.78, 5) is 36.7. The van der Waals surface area contributed by atoms with Crippen LogP contribution >= 0.6 is 0 Å². The first-order valence-electron chi connectivity index (χ1n) is 14.8. The number of carbonyl (C=O) groups is 1. The summed E-state index contributed by atoms with van der Waals surface area (Å²) in [6, 6.07) is 17.9. The van der Waals surface area contributed by atoms with Crippen LogP contribution in [0.1, 0.15) is 27.3 Å². The van der Waals surface area contributed by atoms with Gasteiger partial charge in [0.1, 0.15) is 34.3 Å². The molecule has 0 atom stereocenters. The van der Waals surface area contributed by atoms with E-state index in [9.17, 15) is 22.4 Å². The summed E-state index contributed by atoms with van der Waals surface area (Å²) in [5.41, 5.74) is 3.27. The molecule has 0 unspecified atom stereocenters. The molecule has 0 fully saturated rings. The van der Waals surface area contributed by atoms with Crippen LogP contribution in [0.5, 0.6) is 5.75 Å². The van der Waals surface area contributed by atoms with E-state index in [0.29, 0.717) is 16.8 Å². The predicted molar refractivity (Wildman–Crippen MR) is 183 cm³/mol. The quantitative estimate of drug-likeness (QED) is 0.226. The summed E-state index contributed by atoms with van der Waals surface area (Å²) in [6.45, 7) is 3.97. The molecule has 6 aromatic rings. The van der Waals surface area contributed by atoms with Gasteiger partial charge in [0.05, 0.1) is 36.9 Å². The zero-order valence-electron chi connectivity index (χ0n) is 27.1. The Hall–Kier alpha value is -5.56. The molecule has 0 saturated heterocycles. The predicted octanol–water partition coefficient (Wildman–Crippen LogP) is 5.44. The van der Waals surface area contributed by atoms with Crippen molar-refractivity contribution in [3.05, 3.63) is 105 Å². The topological polar surface area (TPSA) is 137 Å². The van der Waals surface area contributed by atoms with Crippen LogP contribution in [0.2, 0.25) is 0 Å². The molecule has 3 heterocycles. The Morgan fingerprint density at radius 3 is 2.33 bits per heavy atom. The van der Waals surface area contributed by atoms with Gasteiger partial charge in [0, 0.05) is 42.7 Å². The van der Waals surface area contributed by atoms with E-state index in [0.717, 1.165) is 21.7 Å². The number of aryl methyl sites for hydroxylation is 2. The molecule has 48 heavy (non-hydrogen) atoms. The molecule has 3 aromatic carbocycles. The molecule has 3 aromatic heterocycles. The van der Waals surface area contributed by atoms with E-state index in [1.807, 2.05) is 31.2 Å². The number of hydrogen-bond donors (Lipinski definition) is 1. The lowest BCUT2D eigenvalue weighted by Crippen LogP contribution is -2.26. The van der Waals surface area contributed by atoms with Crippen molar-refractivity contribution in [1.29, 1.82) is 0 Å². The molecule has 0 bridgehead atoms. The Morgan fingerprint density at radius 1 is 1.02 bits per heavy atom. The minimum Gasteiger partial charge on any atom is -0.494 e. The lowest BCUT2D eigenvalue weighted by atomic mass is 10.0. The van der Waals surface area contributed by atoms with E-state index in [-0.39, 0.29) is 57.2 Å². The number of methoxy groups -OCH3 is 1. The monoisotopic (exact) mass is 669 g/mol. The Kier molecular flexibility index (Phi) is 8.25. The largest absolute Gasteiger partial charge is 0.494 e. The van der Waals surface area contributed by atoms with Crippen molar-refractivity contribution in [1.82, 2.24) is 19.9 Å². The number of nitrogens with one attached hydrogen (secondary N) is 1.